The third kappa shape index (κ3) is 5.61. The smallest absolute Gasteiger partial charge is 0.193 e. The van der Waals surface area contributed by atoms with Crippen LogP contribution >= 0.6 is 0 Å². The highest BCUT2D eigenvalue weighted by Crippen LogP contribution is 2.23. The number of methoxy groups -OCH3 is 1. The fraction of sp³-hybridized carbons (Fsp3) is 0.632. The lowest BCUT2D eigenvalue weighted by Crippen LogP contribution is -2.51. The molecule has 1 saturated heterocycles. The first kappa shape index (κ1) is 19.5. The molecule has 0 radical (unpaired) electrons. The molecule has 1 N–H and O–H groups in total. The first-order chi connectivity index (χ1) is 12.1. The molecule has 0 saturated carbocycles. The minimum atomic E-state index is -0.174. The Hall–Kier alpha value is -1.79. The van der Waals surface area contributed by atoms with Crippen LogP contribution in [-0.2, 0) is 9.47 Å². The zero-order valence-electron chi connectivity index (χ0n) is 15.9. The number of hydrogen-bond donors (Lipinski definition) is 1. The van der Waals surface area contributed by atoms with E-state index in [1.165, 1.54) is 0 Å². The van der Waals surface area contributed by atoms with Crippen molar-refractivity contribution in [1.29, 1.82) is 0 Å². The Kier molecular flexibility index (Phi) is 7.52. The van der Waals surface area contributed by atoms with Gasteiger partial charge in [0.05, 0.1) is 12.1 Å². The molecule has 6 nitrogen and oxygen atoms in total. The van der Waals surface area contributed by atoms with Gasteiger partial charge in [-0.05, 0) is 18.6 Å². The van der Waals surface area contributed by atoms with Gasteiger partial charge in [0.1, 0.15) is 12.4 Å². The van der Waals surface area contributed by atoms with E-state index in [-0.39, 0.29) is 5.60 Å². The van der Waals surface area contributed by atoms with Crippen molar-refractivity contribution in [3.63, 3.8) is 0 Å². The predicted molar refractivity (Wildman–Crippen MR) is 100 cm³/mol. The van der Waals surface area contributed by atoms with Crippen molar-refractivity contribution in [2.24, 2.45) is 4.99 Å². The maximum atomic E-state index is 5.87. The fourth-order valence-electron chi connectivity index (χ4n) is 2.94. The Morgan fingerprint density at radius 2 is 2.04 bits per heavy atom. The van der Waals surface area contributed by atoms with Gasteiger partial charge in [-0.25, -0.2) is 0 Å². The van der Waals surface area contributed by atoms with Crippen LogP contribution in [0.15, 0.2) is 29.3 Å². The van der Waals surface area contributed by atoms with Crippen LogP contribution in [0.4, 0.5) is 0 Å². The Morgan fingerprint density at radius 3 is 2.68 bits per heavy atom. The molecule has 1 aromatic rings. The number of ether oxygens (including phenoxy) is 3. The monoisotopic (exact) mass is 349 g/mol. The van der Waals surface area contributed by atoms with Crippen LogP contribution in [0.25, 0.3) is 0 Å². The summed E-state index contributed by atoms with van der Waals surface area (Å²) < 4.78 is 17.1. The van der Waals surface area contributed by atoms with Crippen molar-refractivity contribution in [3.05, 3.63) is 29.8 Å². The number of benzene rings is 1. The summed E-state index contributed by atoms with van der Waals surface area (Å²) in [5.74, 6) is 1.77. The first-order valence-electron chi connectivity index (χ1n) is 8.83. The predicted octanol–water partition coefficient (Wildman–Crippen LogP) is 2.08. The van der Waals surface area contributed by atoms with Gasteiger partial charge in [-0.3, -0.25) is 4.99 Å². The number of aliphatic imine (C=N–C) groups is 1. The van der Waals surface area contributed by atoms with Gasteiger partial charge < -0.3 is 24.4 Å². The second-order valence-corrected chi connectivity index (χ2v) is 6.44. The molecule has 1 aromatic carbocycles. The van der Waals surface area contributed by atoms with Crippen LogP contribution in [0, 0.1) is 6.92 Å². The molecule has 6 heteroatoms. The summed E-state index contributed by atoms with van der Waals surface area (Å²) in [4.78, 5) is 6.44. The summed E-state index contributed by atoms with van der Waals surface area (Å²) in [5, 5.41) is 3.43. The number of likely N-dealkylation sites (N-methyl/N-ethyl adjacent to an activating group) is 1. The lowest BCUT2D eigenvalue weighted by atomic mass is 9.94. The van der Waals surface area contributed by atoms with Crippen molar-refractivity contribution in [3.8, 4) is 5.75 Å². The van der Waals surface area contributed by atoms with Crippen molar-refractivity contribution in [2.45, 2.75) is 25.4 Å². The fourth-order valence-corrected chi connectivity index (χ4v) is 2.94. The average Bonchev–Trinajstić information content (AvgIpc) is 2.64. The number of nitrogens with one attached hydrogen (secondary N) is 1. The number of aryl methyl sites for hydroxylation is 1. The summed E-state index contributed by atoms with van der Waals surface area (Å²) in [6.45, 7) is 5.62. The topological polar surface area (TPSA) is 55.3 Å². The lowest BCUT2D eigenvalue weighted by Gasteiger charge is -2.37. The Morgan fingerprint density at radius 1 is 1.32 bits per heavy atom. The number of hydrogen-bond acceptors (Lipinski definition) is 4. The van der Waals surface area contributed by atoms with Crippen molar-refractivity contribution < 1.29 is 14.2 Å². The van der Waals surface area contributed by atoms with Crippen LogP contribution in [0.1, 0.15) is 18.4 Å². The highest BCUT2D eigenvalue weighted by molar-refractivity contribution is 5.79. The molecular weight excluding hydrogens is 318 g/mol. The summed E-state index contributed by atoms with van der Waals surface area (Å²) in [6.07, 6.45) is 1.79. The summed E-state index contributed by atoms with van der Waals surface area (Å²) in [6, 6.07) is 8.06. The second kappa shape index (κ2) is 9.63. The van der Waals surface area contributed by atoms with E-state index in [0.717, 1.165) is 56.4 Å². The molecule has 1 heterocycles. The molecule has 0 aromatic heterocycles. The molecule has 140 valence electrons. The van der Waals surface area contributed by atoms with Crippen LogP contribution in [0.2, 0.25) is 0 Å². The van der Waals surface area contributed by atoms with E-state index < -0.39 is 0 Å². The quantitative estimate of drug-likeness (QED) is 0.603. The van der Waals surface area contributed by atoms with Crippen molar-refractivity contribution in [2.75, 3.05) is 54.1 Å². The third-order valence-corrected chi connectivity index (χ3v) is 4.76. The summed E-state index contributed by atoms with van der Waals surface area (Å²) in [5.41, 5.74) is 0.973. The second-order valence-electron chi connectivity index (χ2n) is 6.44. The maximum absolute atomic E-state index is 5.87. The summed E-state index contributed by atoms with van der Waals surface area (Å²) in [7, 11) is 5.58. The standard InChI is InChI=1S/C19H31N3O3/c1-16-7-5-6-8-17(16)25-14-11-22(3)18(20-2)21-15-19(23-4)9-12-24-13-10-19/h5-8H,9-15H2,1-4H3,(H,20,21). The van der Waals surface area contributed by atoms with E-state index in [2.05, 4.69) is 28.2 Å². The zero-order valence-corrected chi connectivity index (χ0v) is 15.9. The molecule has 0 spiro atoms. The van der Waals surface area contributed by atoms with Gasteiger partial charge in [-0.2, -0.15) is 0 Å². The minimum Gasteiger partial charge on any atom is -0.491 e. The number of guanidine groups is 1. The number of rotatable bonds is 7. The van der Waals surface area contributed by atoms with Gasteiger partial charge in [-0.15, -0.1) is 0 Å². The van der Waals surface area contributed by atoms with E-state index in [0.29, 0.717) is 6.61 Å². The van der Waals surface area contributed by atoms with Gasteiger partial charge in [0.25, 0.3) is 0 Å². The zero-order chi connectivity index (χ0) is 18.1. The normalized spacial score (nSPS) is 17.2. The Balaban J connectivity index is 1.80. The molecule has 2 rings (SSSR count). The molecule has 1 aliphatic heterocycles. The van der Waals surface area contributed by atoms with E-state index in [4.69, 9.17) is 14.2 Å². The molecule has 0 unspecified atom stereocenters. The van der Waals surface area contributed by atoms with Gasteiger partial charge in [0.2, 0.25) is 0 Å². The Labute approximate surface area is 151 Å². The SMILES string of the molecule is CN=C(NCC1(OC)CCOCC1)N(C)CCOc1ccccc1C. The highest BCUT2D eigenvalue weighted by atomic mass is 16.5. The van der Waals surface area contributed by atoms with E-state index >= 15 is 0 Å². The van der Waals surface area contributed by atoms with Crippen molar-refractivity contribution >= 4 is 5.96 Å². The van der Waals surface area contributed by atoms with Gasteiger partial charge >= 0.3 is 0 Å². The molecule has 1 aliphatic rings. The largest absolute Gasteiger partial charge is 0.491 e. The van der Waals surface area contributed by atoms with Gasteiger partial charge in [0, 0.05) is 53.8 Å². The molecule has 25 heavy (non-hydrogen) atoms. The first-order valence-corrected chi connectivity index (χ1v) is 8.83. The summed E-state index contributed by atoms with van der Waals surface area (Å²) >= 11 is 0. The highest BCUT2D eigenvalue weighted by Gasteiger charge is 2.32. The van der Waals surface area contributed by atoms with Crippen LogP contribution in [-0.4, -0.2) is 70.6 Å². The molecule has 0 atom stereocenters. The van der Waals surface area contributed by atoms with E-state index in [1.807, 2.05) is 25.2 Å². The molecule has 1 fully saturated rings. The number of nitrogens with zero attached hydrogens (tertiary/aromatic N) is 2. The minimum absolute atomic E-state index is 0.174. The van der Waals surface area contributed by atoms with E-state index in [9.17, 15) is 0 Å². The molecular formula is C19H31N3O3. The maximum Gasteiger partial charge on any atom is 0.193 e. The van der Waals surface area contributed by atoms with E-state index in [1.54, 1.807) is 14.2 Å². The molecule has 0 amide bonds. The van der Waals surface area contributed by atoms with Crippen LogP contribution < -0.4 is 10.1 Å². The lowest BCUT2D eigenvalue weighted by molar-refractivity contribution is -0.0857. The average molecular weight is 349 g/mol. The molecule has 0 bridgehead atoms. The van der Waals surface area contributed by atoms with Crippen LogP contribution in [0.3, 0.4) is 0 Å². The number of para-hydroxylation sites is 1. The van der Waals surface area contributed by atoms with Crippen LogP contribution in [0.5, 0.6) is 5.75 Å². The molecule has 0 aliphatic carbocycles. The van der Waals surface area contributed by atoms with Gasteiger partial charge in [0.15, 0.2) is 5.96 Å². The van der Waals surface area contributed by atoms with Crippen molar-refractivity contribution in [1.82, 2.24) is 10.2 Å². The third-order valence-electron chi connectivity index (χ3n) is 4.76. The Bertz CT molecular complexity index is 557. The van der Waals surface area contributed by atoms with Gasteiger partial charge in [-0.1, -0.05) is 18.2 Å².